The minimum Gasteiger partial charge on any atom is -0.486 e. The Hall–Kier alpha value is -3.52. The molecule has 2 aromatic carbocycles. The number of amides is 2. The number of aromatic amines is 1. The second-order valence-electron chi connectivity index (χ2n) is 8.52. The first-order chi connectivity index (χ1) is 16.0. The van der Waals surface area contributed by atoms with Crippen LogP contribution >= 0.6 is 0 Å². The van der Waals surface area contributed by atoms with Gasteiger partial charge >= 0.3 is 6.03 Å². The Morgan fingerprint density at radius 1 is 1.09 bits per heavy atom. The third kappa shape index (κ3) is 4.80. The second kappa shape index (κ2) is 9.15. The molecule has 2 aliphatic heterocycles. The Morgan fingerprint density at radius 3 is 2.58 bits per heavy atom. The first kappa shape index (κ1) is 21.3. The summed E-state index contributed by atoms with van der Waals surface area (Å²) in [6, 6.07) is 12.8. The Bertz CT molecular complexity index is 1220. The summed E-state index contributed by atoms with van der Waals surface area (Å²) in [5.74, 6) is 1.27. The normalized spacial score (nSPS) is 17.2. The standard InChI is InChI=1S/C25H27N3O5/c1-16-4-6-19(7-5-16)26-25(30)28(15-20-3-2-8-31-20)14-18-11-17-12-22-23(33-10-9-32-22)13-21(17)27-24(18)29/h4-7,11-13,20H,2-3,8-10,14-15H2,1H3,(H,26,30)(H,27,29). The number of ether oxygens (including phenoxy) is 3. The third-order valence-electron chi connectivity index (χ3n) is 5.98. The first-order valence-electron chi connectivity index (χ1n) is 11.2. The van der Waals surface area contributed by atoms with Crippen LogP contribution in [-0.2, 0) is 11.3 Å². The van der Waals surface area contributed by atoms with Crippen molar-refractivity contribution in [1.82, 2.24) is 9.88 Å². The molecule has 0 bridgehead atoms. The average Bonchev–Trinajstić information content (AvgIpc) is 3.32. The van der Waals surface area contributed by atoms with Crippen LogP contribution in [0.5, 0.6) is 11.5 Å². The number of aryl methyl sites for hydroxylation is 1. The highest BCUT2D eigenvalue weighted by molar-refractivity contribution is 5.89. The molecule has 33 heavy (non-hydrogen) atoms. The number of pyridine rings is 1. The van der Waals surface area contributed by atoms with Gasteiger partial charge in [0.15, 0.2) is 11.5 Å². The van der Waals surface area contributed by atoms with E-state index in [2.05, 4.69) is 10.3 Å². The molecule has 2 amide bonds. The van der Waals surface area contributed by atoms with Gasteiger partial charge in [-0.15, -0.1) is 0 Å². The van der Waals surface area contributed by atoms with Crippen molar-refractivity contribution in [2.75, 3.05) is 31.7 Å². The fourth-order valence-electron chi connectivity index (χ4n) is 4.20. The number of nitrogens with one attached hydrogen (secondary N) is 2. The van der Waals surface area contributed by atoms with Gasteiger partial charge in [-0.2, -0.15) is 0 Å². The highest BCUT2D eigenvalue weighted by Gasteiger charge is 2.24. The minimum absolute atomic E-state index is 0.0362. The van der Waals surface area contributed by atoms with Crippen molar-refractivity contribution >= 4 is 22.6 Å². The van der Waals surface area contributed by atoms with E-state index in [9.17, 15) is 9.59 Å². The lowest BCUT2D eigenvalue weighted by molar-refractivity contribution is 0.0818. The van der Waals surface area contributed by atoms with Crippen molar-refractivity contribution in [3.05, 3.63) is 63.9 Å². The van der Waals surface area contributed by atoms with Gasteiger partial charge in [-0.25, -0.2) is 4.79 Å². The van der Waals surface area contributed by atoms with Crippen molar-refractivity contribution in [1.29, 1.82) is 0 Å². The zero-order chi connectivity index (χ0) is 22.8. The van der Waals surface area contributed by atoms with Crippen LogP contribution in [0.2, 0.25) is 0 Å². The summed E-state index contributed by atoms with van der Waals surface area (Å²) in [5.41, 5.74) is 2.75. The molecule has 8 heteroatoms. The predicted molar refractivity (Wildman–Crippen MR) is 125 cm³/mol. The molecule has 1 fully saturated rings. The van der Waals surface area contributed by atoms with Crippen LogP contribution in [-0.4, -0.2) is 48.4 Å². The summed E-state index contributed by atoms with van der Waals surface area (Å²) in [5, 5.41) is 3.77. The number of H-pyrrole nitrogens is 1. The van der Waals surface area contributed by atoms with E-state index in [1.165, 1.54) is 0 Å². The number of urea groups is 1. The second-order valence-corrected chi connectivity index (χ2v) is 8.52. The van der Waals surface area contributed by atoms with Gasteiger partial charge in [-0.05, 0) is 44.0 Å². The number of nitrogens with zero attached hydrogens (tertiary/aromatic N) is 1. The van der Waals surface area contributed by atoms with Crippen molar-refractivity contribution in [2.45, 2.75) is 32.4 Å². The number of aromatic nitrogens is 1. The van der Waals surface area contributed by atoms with E-state index < -0.39 is 0 Å². The molecule has 1 aromatic heterocycles. The Labute approximate surface area is 191 Å². The smallest absolute Gasteiger partial charge is 0.322 e. The summed E-state index contributed by atoms with van der Waals surface area (Å²) in [7, 11) is 0. The van der Waals surface area contributed by atoms with E-state index in [4.69, 9.17) is 14.2 Å². The van der Waals surface area contributed by atoms with Crippen LogP contribution in [0.4, 0.5) is 10.5 Å². The van der Waals surface area contributed by atoms with Gasteiger partial charge in [0.05, 0.1) is 18.2 Å². The molecule has 0 radical (unpaired) electrons. The van der Waals surface area contributed by atoms with Gasteiger partial charge in [-0.3, -0.25) is 4.79 Å². The van der Waals surface area contributed by atoms with Crippen LogP contribution < -0.4 is 20.3 Å². The molecular weight excluding hydrogens is 422 g/mol. The summed E-state index contributed by atoms with van der Waals surface area (Å²) in [4.78, 5) is 30.6. The van der Waals surface area contributed by atoms with Crippen LogP contribution in [0, 0.1) is 6.92 Å². The lowest BCUT2D eigenvalue weighted by atomic mass is 10.1. The summed E-state index contributed by atoms with van der Waals surface area (Å²) in [6.07, 6.45) is 1.83. The zero-order valence-corrected chi connectivity index (χ0v) is 18.6. The topological polar surface area (TPSA) is 92.9 Å². The molecule has 3 aromatic rings. The maximum absolute atomic E-state index is 13.2. The number of carbonyl (C=O) groups is 1. The molecule has 5 rings (SSSR count). The number of rotatable bonds is 5. The van der Waals surface area contributed by atoms with E-state index in [0.29, 0.717) is 54.6 Å². The fraction of sp³-hybridized carbons (Fsp3) is 0.360. The summed E-state index contributed by atoms with van der Waals surface area (Å²) < 4.78 is 17.1. The van der Waals surface area contributed by atoms with Crippen LogP contribution in [0.15, 0.2) is 47.3 Å². The maximum atomic E-state index is 13.2. The molecule has 3 heterocycles. The molecule has 8 nitrogen and oxygen atoms in total. The average molecular weight is 450 g/mol. The molecule has 2 N–H and O–H groups in total. The van der Waals surface area contributed by atoms with Crippen LogP contribution in [0.1, 0.15) is 24.0 Å². The van der Waals surface area contributed by atoms with Gasteiger partial charge in [-0.1, -0.05) is 17.7 Å². The van der Waals surface area contributed by atoms with Crippen molar-refractivity contribution in [3.8, 4) is 11.5 Å². The number of hydrogen-bond acceptors (Lipinski definition) is 5. The molecule has 172 valence electrons. The third-order valence-corrected chi connectivity index (χ3v) is 5.98. The van der Waals surface area contributed by atoms with Gasteiger partial charge in [0, 0.05) is 35.9 Å². The lowest BCUT2D eigenvalue weighted by Gasteiger charge is -2.26. The molecule has 1 unspecified atom stereocenters. The molecule has 0 saturated carbocycles. The van der Waals surface area contributed by atoms with E-state index in [0.717, 1.165) is 23.8 Å². The van der Waals surface area contributed by atoms with E-state index in [1.54, 1.807) is 11.0 Å². The molecule has 2 aliphatic rings. The lowest BCUT2D eigenvalue weighted by Crippen LogP contribution is -2.40. The van der Waals surface area contributed by atoms with Gasteiger partial charge < -0.3 is 29.4 Å². The van der Waals surface area contributed by atoms with Crippen molar-refractivity contribution < 1.29 is 19.0 Å². The zero-order valence-electron chi connectivity index (χ0n) is 18.6. The van der Waals surface area contributed by atoms with Crippen molar-refractivity contribution in [3.63, 3.8) is 0 Å². The minimum atomic E-state index is -0.268. The SMILES string of the molecule is Cc1ccc(NC(=O)N(Cc2cc3cc4c(cc3[nH]c2=O)OCCO4)CC2CCCO2)cc1. The Kier molecular flexibility index (Phi) is 5.92. The molecule has 0 aliphatic carbocycles. The number of anilines is 1. The quantitative estimate of drug-likeness (QED) is 0.618. The van der Waals surface area contributed by atoms with Gasteiger partial charge in [0.2, 0.25) is 0 Å². The molecule has 1 atom stereocenters. The monoisotopic (exact) mass is 449 g/mol. The van der Waals surface area contributed by atoms with Crippen molar-refractivity contribution in [2.24, 2.45) is 0 Å². The molecular formula is C25H27N3O5. The Morgan fingerprint density at radius 2 is 1.85 bits per heavy atom. The fourth-order valence-corrected chi connectivity index (χ4v) is 4.20. The highest BCUT2D eigenvalue weighted by atomic mass is 16.6. The number of carbonyl (C=O) groups excluding carboxylic acids is 1. The summed E-state index contributed by atoms with van der Waals surface area (Å²) >= 11 is 0. The van der Waals surface area contributed by atoms with Crippen LogP contribution in [0.3, 0.4) is 0 Å². The number of fused-ring (bicyclic) bond motifs is 2. The highest BCUT2D eigenvalue weighted by Crippen LogP contribution is 2.33. The van der Waals surface area contributed by atoms with Gasteiger partial charge in [0.25, 0.3) is 5.56 Å². The maximum Gasteiger partial charge on any atom is 0.322 e. The molecule has 1 saturated heterocycles. The predicted octanol–water partition coefficient (Wildman–Crippen LogP) is 3.82. The molecule has 0 spiro atoms. The number of benzene rings is 2. The van der Waals surface area contributed by atoms with E-state index >= 15 is 0 Å². The first-order valence-corrected chi connectivity index (χ1v) is 11.2. The van der Waals surface area contributed by atoms with Gasteiger partial charge in [0.1, 0.15) is 13.2 Å². The number of hydrogen-bond donors (Lipinski definition) is 2. The van der Waals surface area contributed by atoms with Crippen LogP contribution in [0.25, 0.3) is 10.9 Å². The van der Waals surface area contributed by atoms with E-state index in [-0.39, 0.29) is 24.2 Å². The Balaban J connectivity index is 1.42. The largest absolute Gasteiger partial charge is 0.486 e. The summed E-state index contributed by atoms with van der Waals surface area (Å²) in [6.45, 7) is 4.24. The van der Waals surface area contributed by atoms with E-state index in [1.807, 2.05) is 43.3 Å².